The van der Waals surface area contributed by atoms with Gasteiger partial charge in [-0.3, -0.25) is 4.79 Å². The average Bonchev–Trinajstić information content (AvgIpc) is 2.24. The molecule has 1 aromatic rings. The van der Waals surface area contributed by atoms with Gasteiger partial charge in [-0.15, -0.1) is 0 Å². The van der Waals surface area contributed by atoms with Crippen molar-refractivity contribution in [2.75, 3.05) is 11.4 Å². The molecule has 0 unspecified atom stereocenters. The van der Waals surface area contributed by atoms with Crippen LogP contribution >= 0.6 is 0 Å². The van der Waals surface area contributed by atoms with Crippen LogP contribution in [-0.2, 0) is 4.79 Å². The second-order valence-corrected chi connectivity index (χ2v) is 4.51. The first-order chi connectivity index (χ1) is 8.36. The Balaban J connectivity index is 3.36. The monoisotopic (exact) mass is 247 g/mol. The van der Waals surface area contributed by atoms with Gasteiger partial charge in [-0.05, 0) is 39.3 Å². The van der Waals surface area contributed by atoms with Gasteiger partial charge >= 0.3 is 5.97 Å². The molecule has 0 aliphatic carbocycles. The van der Waals surface area contributed by atoms with Crippen LogP contribution in [-0.4, -0.2) is 28.6 Å². The molecule has 0 atom stereocenters. The number of aryl methyl sites for hydroxylation is 2. The Morgan fingerprint density at radius 2 is 2.17 bits per heavy atom. The first kappa shape index (κ1) is 14.0. The van der Waals surface area contributed by atoms with Crippen molar-refractivity contribution >= 4 is 11.8 Å². The standard InChI is InChI=1S/C13H17N3O2/c1-8(2)16(7-12(17)18)13-11(6-14)9(3)5-10(4)15-13/h5,8H,7H2,1-4H3,(H,17,18). The molecular formula is C13H17N3O2. The molecular weight excluding hydrogens is 230 g/mol. The predicted octanol–water partition coefficient (Wildman–Crippen LogP) is 1.87. The second kappa shape index (κ2) is 5.50. The maximum absolute atomic E-state index is 10.9. The molecule has 0 saturated carbocycles. The molecule has 0 aliphatic heterocycles. The van der Waals surface area contributed by atoms with E-state index in [0.717, 1.165) is 11.3 Å². The van der Waals surface area contributed by atoms with Crippen LogP contribution in [0.2, 0.25) is 0 Å². The van der Waals surface area contributed by atoms with E-state index in [9.17, 15) is 10.1 Å². The number of hydrogen-bond acceptors (Lipinski definition) is 4. The molecule has 1 aromatic heterocycles. The Kier molecular flexibility index (Phi) is 4.27. The zero-order valence-corrected chi connectivity index (χ0v) is 11.1. The highest BCUT2D eigenvalue weighted by molar-refractivity contribution is 5.74. The lowest BCUT2D eigenvalue weighted by atomic mass is 10.1. The van der Waals surface area contributed by atoms with Crippen LogP contribution in [0.4, 0.5) is 5.82 Å². The molecule has 1 heterocycles. The van der Waals surface area contributed by atoms with Crippen molar-refractivity contribution in [2.45, 2.75) is 33.7 Å². The summed E-state index contributed by atoms with van der Waals surface area (Å²) in [4.78, 5) is 16.9. The number of carboxylic acids is 1. The van der Waals surface area contributed by atoms with Gasteiger partial charge in [0.1, 0.15) is 18.4 Å². The molecule has 0 fully saturated rings. The minimum absolute atomic E-state index is 0.0399. The van der Waals surface area contributed by atoms with Crippen molar-refractivity contribution in [1.29, 1.82) is 5.26 Å². The summed E-state index contributed by atoms with van der Waals surface area (Å²) in [6.45, 7) is 7.25. The van der Waals surface area contributed by atoms with Crippen LogP contribution in [0.1, 0.15) is 30.7 Å². The van der Waals surface area contributed by atoms with Gasteiger partial charge in [0.2, 0.25) is 0 Å². The minimum Gasteiger partial charge on any atom is -0.480 e. The Morgan fingerprint density at radius 3 is 2.61 bits per heavy atom. The van der Waals surface area contributed by atoms with Crippen LogP contribution in [0, 0.1) is 25.2 Å². The van der Waals surface area contributed by atoms with Gasteiger partial charge in [0, 0.05) is 11.7 Å². The van der Waals surface area contributed by atoms with E-state index >= 15 is 0 Å². The molecule has 1 N–H and O–H groups in total. The summed E-state index contributed by atoms with van der Waals surface area (Å²) < 4.78 is 0. The van der Waals surface area contributed by atoms with Crippen LogP contribution in [0.5, 0.6) is 0 Å². The average molecular weight is 247 g/mol. The highest BCUT2D eigenvalue weighted by Crippen LogP contribution is 2.23. The molecule has 1 rings (SSSR count). The van der Waals surface area contributed by atoms with Crippen LogP contribution in [0.25, 0.3) is 0 Å². The molecule has 0 aliphatic rings. The van der Waals surface area contributed by atoms with Crippen LogP contribution in [0.3, 0.4) is 0 Å². The third-order valence-electron chi connectivity index (χ3n) is 2.64. The zero-order valence-electron chi connectivity index (χ0n) is 11.1. The fourth-order valence-electron chi connectivity index (χ4n) is 1.81. The summed E-state index contributed by atoms with van der Waals surface area (Å²) in [6.07, 6.45) is 0. The molecule has 0 aromatic carbocycles. The number of carboxylic acid groups (broad SMARTS) is 1. The van der Waals surface area contributed by atoms with Gasteiger partial charge in [0.05, 0.1) is 5.56 Å². The topological polar surface area (TPSA) is 77.2 Å². The van der Waals surface area contributed by atoms with Gasteiger partial charge in [-0.1, -0.05) is 0 Å². The Morgan fingerprint density at radius 1 is 1.56 bits per heavy atom. The Labute approximate surface area is 107 Å². The number of carbonyl (C=O) groups is 1. The normalized spacial score (nSPS) is 10.2. The van der Waals surface area contributed by atoms with E-state index in [2.05, 4.69) is 11.1 Å². The van der Waals surface area contributed by atoms with Crippen molar-refractivity contribution in [3.05, 3.63) is 22.9 Å². The molecule has 0 saturated heterocycles. The zero-order chi connectivity index (χ0) is 13.9. The maximum Gasteiger partial charge on any atom is 0.323 e. The largest absolute Gasteiger partial charge is 0.480 e. The highest BCUT2D eigenvalue weighted by Gasteiger charge is 2.20. The molecule has 5 heteroatoms. The minimum atomic E-state index is -0.937. The molecule has 0 bridgehead atoms. The van der Waals surface area contributed by atoms with Crippen molar-refractivity contribution in [2.24, 2.45) is 0 Å². The lowest BCUT2D eigenvalue weighted by Gasteiger charge is -2.27. The fraction of sp³-hybridized carbons (Fsp3) is 0.462. The molecule has 0 amide bonds. The third-order valence-corrected chi connectivity index (χ3v) is 2.64. The quantitative estimate of drug-likeness (QED) is 0.878. The molecule has 0 spiro atoms. The molecule has 18 heavy (non-hydrogen) atoms. The summed E-state index contributed by atoms with van der Waals surface area (Å²) in [7, 11) is 0. The Hall–Kier alpha value is -2.09. The van der Waals surface area contributed by atoms with Gasteiger partial charge in [-0.25, -0.2) is 4.98 Å². The fourth-order valence-corrected chi connectivity index (χ4v) is 1.81. The number of nitrogens with zero attached hydrogens (tertiary/aromatic N) is 3. The van der Waals surface area contributed by atoms with Crippen LogP contribution < -0.4 is 4.90 Å². The smallest absolute Gasteiger partial charge is 0.323 e. The number of rotatable bonds is 4. The SMILES string of the molecule is Cc1cc(C)c(C#N)c(N(CC(=O)O)C(C)C)n1. The summed E-state index contributed by atoms with van der Waals surface area (Å²) in [6, 6.07) is 3.88. The van der Waals surface area contributed by atoms with E-state index in [4.69, 9.17) is 5.11 Å². The summed E-state index contributed by atoms with van der Waals surface area (Å²) >= 11 is 0. The van der Waals surface area contributed by atoms with E-state index in [-0.39, 0.29) is 12.6 Å². The number of aromatic nitrogens is 1. The second-order valence-electron chi connectivity index (χ2n) is 4.51. The third kappa shape index (κ3) is 2.98. The molecule has 5 nitrogen and oxygen atoms in total. The first-order valence-corrected chi connectivity index (χ1v) is 5.73. The number of pyridine rings is 1. The Bertz CT molecular complexity index is 504. The molecule has 0 radical (unpaired) electrons. The van der Waals surface area contributed by atoms with Gasteiger partial charge in [-0.2, -0.15) is 5.26 Å². The lowest BCUT2D eigenvalue weighted by molar-refractivity contribution is -0.135. The summed E-state index contributed by atoms with van der Waals surface area (Å²) in [5, 5.41) is 18.1. The maximum atomic E-state index is 10.9. The van der Waals surface area contributed by atoms with E-state index in [0.29, 0.717) is 11.4 Å². The van der Waals surface area contributed by atoms with Crippen molar-refractivity contribution in [3.63, 3.8) is 0 Å². The van der Waals surface area contributed by atoms with E-state index in [1.165, 1.54) is 0 Å². The summed E-state index contributed by atoms with van der Waals surface area (Å²) in [5.74, 6) is -0.485. The van der Waals surface area contributed by atoms with Gasteiger partial charge in [0.15, 0.2) is 0 Å². The lowest BCUT2D eigenvalue weighted by Crippen LogP contribution is -2.37. The van der Waals surface area contributed by atoms with E-state index in [1.807, 2.05) is 33.8 Å². The summed E-state index contributed by atoms with van der Waals surface area (Å²) in [5.41, 5.74) is 2.03. The first-order valence-electron chi connectivity index (χ1n) is 5.73. The van der Waals surface area contributed by atoms with Crippen molar-refractivity contribution in [3.8, 4) is 6.07 Å². The number of hydrogen-bond donors (Lipinski definition) is 1. The highest BCUT2D eigenvalue weighted by atomic mass is 16.4. The van der Waals surface area contributed by atoms with E-state index < -0.39 is 5.97 Å². The van der Waals surface area contributed by atoms with E-state index in [1.54, 1.807) is 4.90 Å². The van der Waals surface area contributed by atoms with Gasteiger partial charge in [0.25, 0.3) is 0 Å². The molecule has 96 valence electrons. The van der Waals surface area contributed by atoms with Crippen molar-refractivity contribution < 1.29 is 9.90 Å². The number of nitriles is 1. The van der Waals surface area contributed by atoms with Crippen LogP contribution in [0.15, 0.2) is 6.07 Å². The number of aliphatic carboxylic acids is 1. The van der Waals surface area contributed by atoms with Crippen molar-refractivity contribution in [1.82, 2.24) is 4.98 Å². The predicted molar refractivity (Wildman–Crippen MR) is 68.5 cm³/mol. The number of anilines is 1. The van der Waals surface area contributed by atoms with Gasteiger partial charge < -0.3 is 10.0 Å².